The molecule has 9 heteroatoms. The summed E-state index contributed by atoms with van der Waals surface area (Å²) in [6, 6.07) is 11.3. The largest absolute Gasteiger partial charge is 0.493 e. The molecule has 1 aliphatic heterocycles. The number of carbonyl (C=O) groups is 1. The number of fused-ring (bicyclic) bond motifs is 1. The van der Waals surface area contributed by atoms with Crippen LogP contribution in [0, 0.1) is 56.7 Å². The van der Waals surface area contributed by atoms with E-state index in [4.69, 9.17) is 19.6 Å². The van der Waals surface area contributed by atoms with Gasteiger partial charge in [0.25, 0.3) is 0 Å². The Hall–Kier alpha value is -4.03. The lowest BCUT2D eigenvalue weighted by atomic mass is 9.54. The molecule has 1 saturated carbocycles. The second-order valence-corrected chi connectivity index (χ2v) is 7.48. The van der Waals surface area contributed by atoms with Crippen LogP contribution in [0.3, 0.4) is 0 Å². The Morgan fingerprint density at radius 2 is 1.97 bits per heavy atom. The topological polar surface area (TPSA) is 143 Å². The van der Waals surface area contributed by atoms with E-state index >= 15 is 0 Å². The van der Waals surface area contributed by atoms with Gasteiger partial charge in [-0.1, -0.05) is 18.2 Å². The molecule has 1 aliphatic carbocycles. The van der Waals surface area contributed by atoms with E-state index in [9.17, 15) is 20.6 Å². The predicted molar refractivity (Wildman–Crippen MR) is 113 cm³/mol. The van der Waals surface area contributed by atoms with E-state index in [1.165, 1.54) is 19.1 Å². The summed E-state index contributed by atoms with van der Waals surface area (Å²) in [6.07, 6.45) is 1.21. The molecule has 2 aliphatic rings. The number of carbonyl (C=O) groups excluding carboxylic acids is 1. The number of hydrogen-bond acceptors (Lipinski definition) is 8. The third-order valence-electron chi connectivity index (χ3n) is 6.08. The fourth-order valence-electron chi connectivity index (χ4n) is 4.67. The lowest BCUT2D eigenvalue weighted by Crippen LogP contribution is -2.53. The van der Waals surface area contributed by atoms with E-state index in [1.807, 2.05) is 12.1 Å². The highest BCUT2D eigenvalue weighted by atomic mass is 16.6. The van der Waals surface area contributed by atoms with Gasteiger partial charge in [0.05, 0.1) is 44.7 Å². The van der Waals surface area contributed by atoms with Gasteiger partial charge < -0.3 is 24.5 Å². The molecular weight excluding hydrogens is 410 g/mol. The van der Waals surface area contributed by atoms with Crippen LogP contribution in [0.2, 0.25) is 0 Å². The lowest BCUT2D eigenvalue weighted by Gasteiger charge is -2.47. The van der Waals surface area contributed by atoms with Crippen molar-refractivity contribution in [3.63, 3.8) is 0 Å². The van der Waals surface area contributed by atoms with Crippen LogP contribution in [0.5, 0.6) is 11.5 Å². The summed E-state index contributed by atoms with van der Waals surface area (Å²) in [6.45, 7) is 2.25. The Kier molecular flexibility index (Phi) is 6.37. The molecule has 1 unspecified atom stereocenters. The summed E-state index contributed by atoms with van der Waals surface area (Å²) in [5, 5.41) is 38.9. The summed E-state index contributed by atoms with van der Waals surface area (Å²) in [5.41, 5.74) is -1.08. The van der Waals surface area contributed by atoms with Crippen molar-refractivity contribution in [2.45, 2.75) is 12.8 Å². The number of nitrogens with zero attached hydrogens (tertiary/aromatic N) is 4. The molecule has 1 N–H and O–H groups in total. The van der Waals surface area contributed by atoms with Crippen LogP contribution in [0.4, 0.5) is 4.79 Å². The van der Waals surface area contributed by atoms with E-state index < -0.39 is 29.3 Å². The molecule has 32 heavy (non-hydrogen) atoms. The van der Waals surface area contributed by atoms with E-state index in [0.29, 0.717) is 22.6 Å². The Morgan fingerprint density at radius 3 is 2.53 bits per heavy atom. The minimum Gasteiger partial charge on any atom is -0.493 e. The zero-order valence-corrected chi connectivity index (χ0v) is 18.1. The molecule has 0 bridgehead atoms. The second kappa shape index (κ2) is 8.99. The van der Waals surface area contributed by atoms with E-state index in [0.717, 1.165) is 0 Å². The van der Waals surface area contributed by atoms with Crippen LogP contribution in [-0.2, 0) is 4.74 Å². The average molecular weight is 433 g/mol. The van der Waals surface area contributed by atoms with Gasteiger partial charge >= 0.3 is 6.09 Å². The normalized spacial score (nSPS) is 23.5. The third-order valence-corrected chi connectivity index (χ3v) is 6.08. The molecular formula is C23H23N5O4. The molecule has 3 rings (SSSR count). The van der Waals surface area contributed by atoms with Gasteiger partial charge in [0.1, 0.15) is 5.92 Å². The summed E-state index contributed by atoms with van der Waals surface area (Å²) in [4.78, 5) is 13.9. The maximum atomic E-state index is 12.4. The molecule has 1 amide bonds. The smallest absolute Gasteiger partial charge is 0.410 e. The fourth-order valence-corrected chi connectivity index (χ4v) is 4.67. The van der Waals surface area contributed by atoms with E-state index in [1.54, 1.807) is 31.2 Å². The second-order valence-electron chi connectivity index (χ2n) is 7.48. The summed E-state index contributed by atoms with van der Waals surface area (Å²) >= 11 is 0. The Balaban J connectivity index is 2.28. The minimum atomic E-state index is -1.93. The summed E-state index contributed by atoms with van der Waals surface area (Å²) < 4.78 is 16.1. The van der Waals surface area contributed by atoms with Gasteiger partial charge in [0.2, 0.25) is 0 Å². The van der Waals surface area contributed by atoms with Crippen LogP contribution < -0.4 is 9.47 Å². The predicted octanol–water partition coefficient (Wildman–Crippen LogP) is 3.01. The molecule has 0 radical (unpaired) electrons. The summed E-state index contributed by atoms with van der Waals surface area (Å²) in [7, 11) is 2.93. The van der Waals surface area contributed by atoms with Crippen molar-refractivity contribution in [2.75, 3.05) is 33.9 Å². The van der Waals surface area contributed by atoms with Gasteiger partial charge in [0.15, 0.2) is 16.9 Å². The molecule has 9 nitrogen and oxygen atoms in total. The Bertz CT molecular complexity index is 1080. The van der Waals surface area contributed by atoms with Crippen LogP contribution in [-0.4, -0.2) is 50.6 Å². The van der Waals surface area contributed by atoms with Gasteiger partial charge in [-0.25, -0.2) is 4.79 Å². The zero-order chi connectivity index (χ0) is 23.5. The van der Waals surface area contributed by atoms with Crippen LogP contribution >= 0.6 is 0 Å². The first-order valence-corrected chi connectivity index (χ1v) is 10.1. The SMILES string of the molecule is CCOC(=O)N1CC=C2C(C#N)C(=N)C(C#N)(C#N)[C@H](c3cccc(OC)c3OC)[C@H]2C1. The highest BCUT2D eigenvalue weighted by Crippen LogP contribution is 2.56. The lowest BCUT2D eigenvalue weighted by molar-refractivity contribution is 0.0991. The minimum absolute atomic E-state index is 0.131. The van der Waals surface area contributed by atoms with Crippen molar-refractivity contribution < 1.29 is 19.0 Å². The first-order chi connectivity index (χ1) is 15.4. The van der Waals surface area contributed by atoms with Crippen LogP contribution in [0.25, 0.3) is 0 Å². The van der Waals surface area contributed by atoms with Gasteiger partial charge in [-0.2, -0.15) is 15.8 Å². The van der Waals surface area contributed by atoms with Crippen molar-refractivity contribution in [2.24, 2.45) is 17.3 Å². The fraction of sp³-hybridized carbons (Fsp3) is 0.435. The molecule has 1 heterocycles. The molecule has 1 aromatic rings. The van der Waals surface area contributed by atoms with Crippen molar-refractivity contribution in [1.82, 2.24) is 4.90 Å². The van der Waals surface area contributed by atoms with Gasteiger partial charge in [-0.3, -0.25) is 0 Å². The molecule has 0 spiro atoms. The summed E-state index contributed by atoms with van der Waals surface area (Å²) in [5.74, 6) is -1.73. The average Bonchev–Trinajstić information content (AvgIpc) is 2.82. The number of rotatable bonds is 4. The number of nitrogens with one attached hydrogen (secondary N) is 1. The highest BCUT2D eigenvalue weighted by molar-refractivity contribution is 6.01. The van der Waals surface area contributed by atoms with Gasteiger partial charge in [-0.15, -0.1) is 0 Å². The quantitative estimate of drug-likeness (QED) is 0.719. The standard InChI is InChI=1S/C23H23N5O4/c1-4-32-22(29)28-9-8-14-16(10-24)21(27)23(12-25,13-26)19(17(14)11-28)15-6-5-7-18(30-2)20(15)31-3/h5-8,16-17,19,27H,4,9,11H2,1-3H3/t16?,17-,19+/m0/s1. The van der Waals surface area contributed by atoms with Crippen molar-refractivity contribution in [3.05, 3.63) is 35.4 Å². The Morgan fingerprint density at radius 1 is 1.25 bits per heavy atom. The van der Waals surface area contributed by atoms with Crippen LogP contribution in [0.15, 0.2) is 29.8 Å². The van der Waals surface area contributed by atoms with Gasteiger partial charge in [-0.05, 0) is 18.6 Å². The maximum absolute atomic E-state index is 12.4. The number of hydrogen-bond donors (Lipinski definition) is 1. The van der Waals surface area contributed by atoms with Crippen molar-refractivity contribution >= 4 is 11.8 Å². The van der Waals surface area contributed by atoms with Gasteiger partial charge in [0, 0.05) is 30.5 Å². The van der Waals surface area contributed by atoms with Crippen LogP contribution in [0.1, 0.15) is 18.4 Å². The third kappa shape index (κ3) is 3.31. The van der Waals surface area contributed by atoms with Crippen molar-refractivity contribution in [1.29, 1.82) is 21.2 Å². The molecule has 1 fully saturated rings. The van der Waals surface area contributed by atoms with E-state index in [2.05, 4.69) is 6.07 Å². The number of amides is 1. The number of ether oxygens (including phenoxy) is 3. The monoisotopic (exact) mass is 433 g/mol. The zero-order valence-electron chi connectivity index (χ0n) is 18.1. The first kappa shape index (κ1) is 22.7. The molecule has 3 atom stereocenters. The molecule has 0 saturated heterocycles. The molecule has 1 aromatic carbocycles. The number of para-hydroxylation sites is 1. The molecule has 0 aromatic heterocycles. The Labute approximate surface area is 186 Å². The highest BCUT2D eigenvalue weighted by Gasteiger charge is 2.58. The number of methoxy groups -OCH3 is 2. The first-order valence-electron chi connectivity index (χ1n) is 10.1. The van der Waals surface area contributed by atoms with E-state index in [-0.39, 0.29) is 25.4 Å². The number of benzene rings is 1. The maximum Gasteiger partial charge on any atom is 0.410 e. The van der Waals surface area contributed by atoms with Crippen molar-refractivity contribution in [3.8, 4) is 29.7 Å². The number of nitriles is 3. The molecule has 164 valence electrons.